The molecule has 2 aromatic heterocycles. The van der Waals surface area contributed by atoms with Crippen LogP contribution >= 0.6 is 0 Å². The average molecular weight is 423 g/mol. The van der Waals surface area contributed by atoms with Crippen LogP contribution in [0.4, 0.5) is 5.82 Å². The summed E-state index contributed by atoms with van der Waals surface area (Å²) in [5, 5.41) is 32.0. The highest BCUT2D eigenvalue weighted by Gasteiger charge is 2.55. The van der Waals surface area contributed by atoms with Crippen LogP contribution in [0, 0.1) is 17.3 Å². The molecule has 0 unspecified atom stereocenters. The number of aromatic amines is 1. The van der Waals surface area contributed by atoms with Gasteiger partial charge in [-0.05, 0) is 61.7 Å². The van der Waals surface area contributed by atoms with Crippen LogP contribution < -0.4 is 10.3 Å². The van der Waals surface area contributed by atoms with E-state index in [9.17, 15) is 15.3 Å². The van der Waals surface area contributed by atoms with Crippen LogP contribution in [0.15, 0.2) is 18.7 Å². The number of benzene rings is 1. The van der Waals surface area contributed by atoms with Crippen molar-refractivity contribution >= 4 is 17.0 Å². The summed E-state index contributed by atoms with van der Waals surface area (Å²) in [5.74, 6) is 1.40. The summed E-state index contributed by atoms with van der Waals surface area (Å²) in [4.78, 5) is 11.8. The molecule has 0 bridgehead atoms. The number of nitrogens with two attached hydrogens (primary N) is 1. The number of anilines is 1. The van der Waals surface area contributed by atoms with Gasteiger partial charge in [-0.15, -0.1) is 0 Å². The molecule has 162 valence electrons. The SMILES string of the molecule is C[C@]12CC[C@@H]3c4c(-[n+]5cnc(N)c6[nH]cnc65)cc(O)c(O)c4CC[C@H]3[C@@H]1CC[C@@H]2O. The first-order valence-electron chi connectivity index (χ1n) is 11.2. The monoisotopic (exact) mass is 422 g/mol. The molecule has 0 aliphatic heterocycles. The van der Waals surface area contributed by atoms with E-state index in [4.69, 9.17) is 5.73 Å². The summed E-state index contributed by atoms with van der Waals surface area (Å²) in [6.45, 7) is 2.25. The Balaban J connectivity index is 1.56. The molecule has 3 aromatic rings. The molecule has 0 radical (unpaired) electrons. The fourth-order valence-electron chi connectivity index (χ4n) is 6.98. The third-order valence-corrected chi connectivity index (χ3v) is 8.56. The Kier molecular flexibility index (Phi) is 3.85. The van der Waals surface area contributed by atoms with Crippen LogP contribution in [0.1, 0.15) is 56.1 Å². The zero-order valence-corrected chi connectivity index (χ0v) is 17.5. The lowest BCUT2D eigenvalue weighted by molar-refractivity contribution is -0.573. The summed E-state index contributed by atoms with van der Waals surface area (Å²) >= 11 is 0. The first-order chi connectivity index (χ1) is 14.9. The smallest absolute Gasteiger partial charge is 0.298 e. The van der Waals surface area contributed by atoms with E-state index in [1.54, 1.807) is 18.7 Å². The molecule has 2 saturated carbocycles. The second-order valence-electron chi connectivity index (χ2n) is 9.81. The number of imidazole rings is 1. The van der Waals surface area contributed by atoms with Gasteiger partial charge in [0.15, 0.2) is 23.3 Å². The lowest BCUT2D eigenvalue weighted by Gasteiger charge is -2.50. The number of nitrogens with zero attached hydrogens (tertiary/aromatic N) is 3. The number of phenols is 2. The fourth-order valence-corrected chi connectivity index (χ4v) is 6.98. The third kappa shape index (κ3) is 2.42. The molecule has 0 spiro atoms. The number of aromatic nitrogens is 4. The van der Waals surface area contributed by atoms with Crippen molar-refractivity contribution < 1.29 is 19.9 Å². The predicted molar refractivity (Wildman–Crippen MR) is 114 cm³/mol. The van der Waals surface area contributed by atoms with Gasteiger partial charge in [0.05, 0.1) is 6.10 Å². The van der Waals surface area contributed by atoms with Crippen LogP contribution in [0.3, 0.4) is 0 Å². The van der Waals surface area contributed by atoms with Crippen molar-refractivity contribution in [3.05, 3.63) is 29.8 Å². The van der Waals surface area contributed by atoms with Gasteiger partial charge in [0.2, 0.25) is 12.1 Å². The average Bonchev–Trinajstić information content (AvgIpc) is 3.37. The minimum absolute atomic E-state index is 0.0146. The first-order valence-corrected chi connectivity index (χ1v) is 11.2. The van der Waals surface area contributed by atoms with Gasteiger partial charge in [-0.3, -0.25) is 0 Å². The minimum Gasteiger partial charge on any atom is -0.504 e. The maximum Gasteiger partial charge on any atom is 0.298 e. The second-order valence-corrected chi connectivity index (χ2v) is 9.81. The van der Waals surface area contributed by atoms with Crippen LogP contribution in [0.2, 0.25) is 0 Å². The number of nitrogens with one attached hydrogen (secondary N) is 1. The van der Waals surface area contributed by atoms with E-state index >= 15 is 0 Å². The molecule has 8 heteroatoms. The highest BCUT2D eigenvalue weighted by Crippen LogP contribution is 2.62. The van der Waals surface area contributed by atoms with Gasteiger partial charge < -0.3 is 26.0 Å². The summed E-state index contributed by atoms with van der Waals surface area (Å²) in [6, 6.07) is 1.62. The molecule has 5 atom stereocenters. The van der Waals surface area contributed by atoms with E-state index in [0.29, 0.717) is 35.2 Å². The Hall–Kier alpha value is -2.87. The number of fused-ring (bicyclic) bond motifs is 6. The van der Waals surface area contributed by atoms with Gasteiger partial charge in [0.1, 0.15) is 5.69 Å². The molecule has 6 rings (SSSR count). The van der Waals surface area contributed by atoms with Gasteiger partial charge in [0, 0.05) is 17.2 Å². The molecule has 3 aliphatic rings. The van der Waals surface area contributed by atoms with E-state index in [2.05, 4.69) is 21.9 Å². The molecule has 0 saturated heterocycles. The van der Waals surface area contributed by atoms with Gasteiger partial charge in [-0.25, -0.2) is 0 Å². The molecule has 31 heavy (non-hydrogen) atoms. The molecule has 2 heterocycles. The zero-order valence-electron chi connectivity index (χ0n) is 17.5. The maximum atomic E-state index is 10.7. The summed E-state index contributed by atoms with van der Waals surface area (Å²) < 4.78 is 1.86. The summed E-state index contributed by atoms with van der Waals surface area (Å²) in [7, 11) is 0. The normalized spacial score (nSPS) is 31.9. The fraction of sp³-hybridized carbons (Fsp3) is 0.522. The number of hydrogen-bond donors (Lipinski definition) is 5. The second kappa shape index (κ2) is 6.32. The quantitative estimate of drug-likeness (QED) is 0.302. The Bertz CT molecular complexity index is 1210. The van der Waals surface area contributed by atoms with Gasteiger partial charge in [0.25, 0.3) is 5.65 Å². The number of nitrogen functional groups attached to an aromatic ring is 1. The third-order valence-electron chi connectivity index (χ3n) is 8.56. The molecule has 1 aromatic carbocycles. The number of aliphatic hydroxyl groups excluding tert-OH is 1. The van der Waals surface area contributed by atoms with Crippen molar-refractivity contribution in [3.8, 4) is 17.2 Å². The Morgan fingerprint density at radius 1 is 1.19 bits per heavy atom. The van der Waals surface area contributed by atoms with Crippen molar-refractivity contribution in [2.75, 3.05) is 5.73 Å². The van der Waals surface area contributed by atoms with Crippen molar-refractivity contribution in [1.29, 1.82) is 0 Å². The predicted octanol–water partition coefficient (Wildman–Crippen LogP) is 2.45. The highest BCUT2D eigenvalue weighted by atomic mass is 16.3. The number of hydrogen-bond acceptors (Lipinski definition) is 6. The number of rotatable bonds is 1. The number of phenolic OH excluding ortho intramolecular Hbond substituents is 2. The van der Waals surface area contributed by atoms with E-state index in [0.717, 1.165) is 48.9 Å². The summed E-state index contributed by atoms with van der Waals surface area (Å²) in [5.41, 5.74) is 9.98. The highest BCUT2D eigenvalue weighted by molar-refractivity contribution is 5.78. The lowest BCUT2D eigenvalue weighted by Crippen LogP contribution is -2.45. The van der Waals surface area contributed by atoms with Crippen molar-refractivity contribution in [2.24, 2.45) is 17.3 Å². The number of H-pyrrole nitrogens is 1. The molecule has 0 amide bonds. The molecular formula is C23H28N5O3+. The van der Waals surface area contributed by atoms with Crippen LogP contribution in [-0.2, 0) is 6.42 Å². The van der Waals surface area contributed by atoms with Crippen LogP contribution in [0.5, 0.6) is 11.5 Å². The van der Waals surface area contributed by atoms with Gasteiger partial charge >= 0.3 is 0 Å². The number of aromatic hydroxyl groups is 2. The Morgan fingerprint density at radius 2 is 2.03 bits per heavy atom. The number of aliphatic hydroxyl groups is 1. The topological polar surface area (TPSA) is 132 Å². The molecule has 6 N–H and O–H groups in total. The zero-order chi connectivity index (χ0) is 21.5. The van der Waals surface area contributed by atoms with E-state index < -0.39 is 0 Å². The standard InChI is InChI=1S/C23H27N5O3/c1-23-7-6-12-11(14(23)4-5-17(23)30)2-3-13-18(12)15(8-16(29)20(13)31)28-10-27-21(24)19-22(28)26-9-25-19/h8-12,14,17,30H,2-7H2,1H3,(H4,24,25,26,29,31)/p+1/t11-,12+,14+,17+,23+/m1/s1. The van der Waals surface area contributed by atoms with Crippen LogP contribution in [-0.4, -0.2) is 36.4 Å². The van der Waals surface area contributed by atoms with Crippen molar-refractivity contribution in [3.63, 3.8) is 0 Å². The first kappa shape index (κ1) is 18.9. The van der Waals surface area contributed by atoms with Gasteiger partial charge in [-0.1, -0.05) is 16.9 Å². The maximum absolute atomic E-state index is 10.7. The largest absolute Gasteiger partial charge is 0.504 e. The van der Waals surface area contributed by atoms with E-state index in [1.807, 2.05) is 4.57 Å². The van der Waals surface area contributed by atoms with Crippen molar-refractivity contribution in [1.82, 2.24) is 15.0 Å². The molecule has 3 aliphatic carbocycles. The lowest BCUT2D eigenvalue weighted by atomic mass is 9.55. The van der Waals surface area contributed by atoms with Crippen molar-refractivity contribution in [2.45, 2.75) is 57.5 Å². The van der Waals surface area contributed by atoms with Gasteiger partial charge in [-0.2, -0.15) is 4.57 Å². The Morgan fingerprint density at radius 3 is 2.87 bits per heavy atom. The Labute approximate surface area is 179 Å². The molecule has 2 fully saturated rings. The van der Waals surface area contributed by atoms with E-state index in [1.165, 1.54) is 0 Å². The minimum atomic E-state index is -0.230. The van der Waals surface area contributed by atoms with Crippen LogP contribution in [0.25, 0.3) is 16.9 Å². The van der Waals surface area contributed by atoms with E-state index in [-0.39, 0.29) is 28.9 Å². The molecular weight excluding hydrogens is 394 g/mol. The summed E-state index contributed by atoms with van der Waals surface area (Å²) in [6.07, 6.45) is 8.49. The molecule has 8 nitrogen and oxygen atoms in total.